The Hall–Kier alpha value is -2.04. The van der Waals surface area contributed by atoms with Crippen LogP contribution in [0.3, 0.4) is 0 Å². The number of carbonyl (C=O) groups is 1. The highest BCUT2D eigenvalue weighted by atomic mass is 19.4. The van der Waals surface area contributed by atoms with Crippen LogP contribution in [0, 0.1) is 5.41 Å². The summed E-state index contributed by atoms with van der Waals surface area (Å²) in [5.74, 6) is -0.454. The van der Waals surface area contributed by atoms with E-state index in [0.29, 0.717) is 10.8 Å². The van der Waals surface area contributed by atoms with Crippen molar-refractivity contribution >= 4 is 22.4 Å². The molecule has 2 aromatic carbocycles. The van der Waals surface area contributed by atoms with Gasteiger partial charge in [0.05, 0.1) is 11.3 Å². The number of anilines is 1. The van der Waals surface area contributed by atoms with Crippen LogP contribution >= 0.6 is 0 Å². The Bertz CT molecular complexity index is 684. The number of alkyl halides is 3. The first-order valence-electron chi connectivity index (χ1n) is 6.51. The molecule has 0 bridgehead atoms. The number of rotatable bonds is 1. The van der Waals surface area contributed by atoms with Gasteiger partial charge in [-0.05, 0) is 11.5 Å². The molecule has 2 rings (SSSR count). The molecule has 2 aromatic rings. The molecule has 2 nitrogen and oxygen atoms in total. The van der Waals surface area contributed by atoms with E-state index in [1.54, 1.807) is 45.0 Å². The second-order valence-corrected chi connectivity index (χ2v) is 5.91. The van der Waals surface area contributed by atoms with E-state index in [4.69, 9.17) is 0 Å². The van der Waals surface area contributed by atoms with Crippen LogP contribution in [0.2, 0.25) is 0 Å². The first-order chi connectivity index (χ1) is 9.60. The van der Waals surface area contributed by atoms with Crippen LogP contribution in [0.5, 0.6) is 0 Å². The van der Waals surface area contributed by atoms with Gasteiger partial charge in [-0.15, -0.1) is 0 Å². The third kappa shape index (κ3) is 3.17. The van der Waals surface area contributed by atoms with Crippen molar-refractivity contribution in [3.63, 3.8) is 0 Å². The van der Waals surface area contributed by atoms with Crippen molar-refractivity contribution in [1.82, 2.24) is 0 Å². The maximum Gasteiger partial charge on any atom is 0.418 e. The van der Waals surface area contributed by atoms with Crippen molar-refractivity contribution in [3.05, 3.63) is 42.0 Å². The van der Waals surface area contributed by atoms with Crippen molar-refractivity contribution in [2.45, 2.75) is 26.9 Å². The van der Waals surface area contributed by atoms with Crippen LogP contribution in [0.4, 0.5) is 18.9 Å². The number of hydrogen-bond donors (Lipinski definition) is 1. The zero-order valence-electron chi connectivity index (χ0n) is 12.0. The minimum Gasteiger partial charge on any atom is -0.325 e. The molecule has 0 saturated heterocycles. The van der Waals surface area contributed by atoms with Gasteiger partial charge in [0.2, 0.25) is 5.91 Å². The van der Waals surface area contributed by atoms with Gasteiger partial charge in [0.25, 0.3) is 0 Å². The molecule has 0 heterocycles. The maximum atomic E-state index is 13.2. The first kappa shape index (κ1) is 15.4. The minimum absolute atomic E-state index is 0.180. The summed E-state index contributed by atoms with van der Waals surface area (Å²) < 4.78 is 39.5. The van der Waals surface area contributed by atoms with Gasteiger partial charge in [-0.3, -0.25) is 4.79 Å². The molecule has 112 valence electrons. The molecule has 0 spiro atoms. The Labute approximate surface area is 121 Å². The summed E-state index contributed by atoms with van der Waals surface area (Å²) in [4.78, 5) is 12.1. The summed E-state index contributed by atoms with van der Waals surface area (Å²) in [6, 6.07) is 9.08. The maximum absolute atomic E-state index is 13.2. The Balaban J connectivity index is 2.65. The van der Waals surface area contributed by atoms with Gasteiger partial charge in [-0.1, -0.05) is 51.1 Å². The van der Waals surface area contributed by atoms with Crippen LogP contribution < -0.4 is 5.32 Å². The molecule has 1 N–H and O–H groups in total. The van der Waals surface area contributed by atoms with E-state index in [2.05, 4.69) is 5.32 Å². The Morgan fingerprint density at radius 2 is 1.62 bits per heavy atom. The molecule has 0 saturated carbocycles. The topological polar surface area (TPSA) is 29.1 Å². The lowest BCUT2D eigenvalue weighted by Gasteiger charge is -2.21. The van der Waals surface area contributed by atoms with Gasteiger partial charge < -0.3 is 5.32 Å². The lowest BCUT2D eigenvalue weighted by atomic mass is 9.94. The number of fused-ring (bicyclic) bond motifs is 1. The van der Waals surface area contributed by atoms with Gasteiger partial charge in [0.1, 0.15) is 0 Å². The third-order valence-corrected chi connectivity index (χ3v) is 3.15. The second-order valence-electron chi connectivity index (χ2n) is 5.91. The molecule has 0 aromatic heterocycles. The molecule has 0 radical (unpaired) electrons. The largest absolute Gasteiger partial charge is 0.418 e. The second kappa shape index (κ2) is 5.06. The van der Waals surface area contributed by atoms with E-state index in [1.807, 2.05) is 0 Å². The number of nitrogens with one attached hydrogen (secondary N) is 1. The predicted molar refractivity (Wildman–Crippen MR) is 77.0 cm³/mol. The van der Waals surface area contributed by atoms with Crippen LogP contribution in [-0.2, 0) is 11.0 Å². The zero-order chi connectivity index (χ0) is 15.8. The van der Waals surface area contributed by atoms with E-state index in [1.165, 1.54) is 6.07 Å². The van der Waals surface area contributed by atoms with Gasteiger partial charge in [0, 0.05) is 10.8 Å². The van der Waals surface area contributed by atoms with E-state index in [0.717, 1.165) is 6.07 Å². The van der Waals surface area contributed by atoms with E-state index in [-0.39, 0.29) is 5.69 Å². The van der Waals surface area contributed by atoms with Crippen molar-refractivity contribution in [2.24, 2.45) is 5.41 Å². The number of carbonyl (C=O) groups excluding carboxylic acids is 1. The lowest BCUT2D eigenvalue weighted by Crippen LogP contribution is -2.28. The molecular formula is C16H16F3NO. The fourth-order valence-corrected chi connectivity index (χ4v) is 1.94. The highest BCUT2D eigenvalue weighted by Gasteiger charge is 2.35. The fourth-order valence-electron chi connectivity index (χ4n) is 1.94. The average molecular weight is 295 g/mol. The highest BCUT2D eigenvalue weighted by Crippen LogP contribution is 2.39. The molecule has 1 amide bonds. The zero-order valence-corrected chi connectivity index (χ0v) is 12.0. The summed E-state index contributed by atoms with van der Waals surface area (Å²) in [5, 5.41) is 3.47. The summed E-state index contributed by atoms with van der Waals surface area (Å²) in [5.41, 5.74) is -1.79. The highest BCUT2D eigenvalue weighted by molar-refractivity contribution is 6.05. The minimum atomic E-state index is -4.52. The van der Waals surface area contributed by atoms with Crippen molar-refractivity contribution in [1.29, 1.82) is 0 Å². The fraction of sp³-hybridized carbons (Fsp3) is 0.312. The number of hydrogen-bond acceptors (Lipinski definition) is 1. The van der Waals surface area contributed by atoms with Crippen molar-refractivity contribution in [3.8, 4) is 0 Å². The van der Waals surface area contributed by atoms with Gasteiger partial charge in [-0.25, -0.2) is 0 Å². The SMILES string of the molecule is CC(C)(C)C(=O)Nc1c(C(F)(F)F)ccc2ccccc12. The molecule has 0 aliphatic heterocycles. The molecule has 0 unspecified atom stereocenters. The van der Waals surface area contributed by atoms with Crippen LogP contribution in [-0.4, -0.2) is 5.91 Å². The number of amides is 1. The van der Waals surface area contributed by atoms with Gasteiger partial charge >= 0.3 is 6.18 Å². The predicted octanol–water partition coefficient (Wildman–Crippen LogP) is 4.84. The summed E-state index contributed by atoms with van der Waals surface area (Å²) in [7, 11) is 0. The van der Waals surface area contributed by atoms with Crippen molar-refractivity contribution < 1.29 is 18.0 Å². The molecule has 21 heavy (non-hydrogen) atoms. The van der Waals surface area contributed by atoms with Crippen molar-refractivity contribution in [2.75, 3.05) is 5.32 Å². The lowest BCUT2D eigenvalue weighted by molar-refractivity contribution is -0.136. The number of benzene rings is 2. The Morgan fingerprint density at radius 1 is 1.00 bits per heavy atom. The van der Waals surface area contributed by atoms with E-state index in [9.17, 15) is 18.0 Å². The number of halogens is 3. The third-order valence-electron chi connectivity index (χ3n) is 3.15. The first-order valence-corrected chi connectivity index (χ1v) is 6.51. The molecule has 0 aliphatic carbocycles. The summed E-state index contributed by atoms with van der Waals surface area (Å²) in [6.45, 7) is 4.96. The quantitative estimate of drug-likeness (QED) is 0.801. The molecule has 0 atom stereocenters. The monoisotopic (exact) mass is 295 g/mol. The van der Waals surface area contributed by atoms with E-state index >= 15 is 0 Å². The Morgan fingerprint density at radius 3 is 2.19 bits per heavy atom. The molecular weight excluding hydrogens is 279 g/mol. The average Bonchev–Trinajstić information content (AvgIpc) is 2.36. The van der Waals surface area contributed by atoms with Crippen LogP contribution in [0.1, 0.15) is 26.3 Å². The van der Waals surface area contributed by atoms with Crippen LogP contribution in [0.15, 0.2) is 36.4 Å². The van der Waals surface area contributed by atoms with Gasteiger partial charge in [0.15, 0.2) is 0 Å². The van der Waals surface area contributed by atoms with Crippen LogP contribution in [0.25, 0.3) is 10.8 Å². The molecule has 5 heteroatoms. The Kier molecular flexibility index (Phi) is 3.70. The summed E-state index contributed by atoms with van der Waals surface area (Å²) in [6.07, 6.45) is -4.52. The van der Waals surface area contributed by atoms with Gasteiger partial charge in [-0.2, -0.15) is 13.2 Å². The smallest absolute Gasteiger partial charge is 0.325 e. The molecule has 0 aliphatic rings. The van der Waals surface area contributed by atoms with E-state index < -0.39 is 23.1 Å². The molecule has 0 fully saturated rings. The normalized spacial score (nSPS) is 12.5. The standard InChI is InChI=1S/C16H16F3NO/c1-15(2,3)14(21)20-13-11-7-5-4-6-10(11)8-9-12(13)16(17,18)19/h4-9H,1-3H3,(H,20,21). The summed E-state index contributed by atoms with van der Waals surface area (Å²) >= 11 is 0.